The summed E-state index contributed by atoms with van der Waals surface area (Å²) in [5, 5.41) is 13.3. The largest absolute Gasteiger partial charge is 0.395 e. The zero-order valence-electron chi connectivity index (χ0n) is 19.9. The molecule has 0 bridgehead atoms. The Morgan fingerprint density at radius 3 is 2.48 bits per heavy atom. The minimum atomic E-state index is -0.290. The fraction of sp³-hybridized carbons (Fsp3) is 0.720. The molecule has 0 amide bonds. The van der Waals surface area contributed by atoms with Crippen LogP contribution in [0.4, 0.5) is 4.39 Å². The number of aliphatic hydroxyl groups is 1. The first-order chi connectivity index (χ1) is 13.5. The first-order valence-corrected chi connectivity index (χ1v) is 11.2. The van der Waals surface area contributed by atoms with Crippen molar-refractivity contribution in [1.82, 2.24) is 10.3 Å². The van der Waals surface area contributed by atoms with E-state index in [4.69, 9.17) is 0 Å². The molecule has 0 radical (unpaired) electrons. The van der Waals surface area contributed by atoms with Crippen LogP contribution >= 0.6 is 0 Å². The van der Waals surface area contributed by atoms with Gasteiger partial charge in [-0.2, -0.15) is 0 Å². The zero-order valence-corrected chi connectivity index (χ0v) is 19.9. The average Bonchev–Trinajstić information content (AvgIpc) is 2.62. The third-order valence-electron chi connectivity index (χ3n) is 5.83. The van der Waals surface area contributed by atoms with Crippen molar-refractivity contribution in [2.45, 2.75) is 93.7 Å². The van der Waals surface area contributed by atoms with Gasteiger partial charge in [-0.3, -0.25) is 4.98 Å². The van der Waals surface area contributed by atoms with Crippen molar-refractivity contribution in [1.29, 1.82) is 0 Å². The number of aryl methyl sites for hydroxylation is 1. The van der Waals surface area contributed by atoms with Crippen LogP contribution in [0.15, 0.2) is 11.6 Å². The average molecular weight is 407 g/mol. The maximum atomic E-state index is 14.8. The highest BCUT2D eigenvalue weighted by atomic mass is 19.1. The first-order valence-electron chi connectivity index (χ1n) is 11.2. The minimum Gasteiger partial charge on any atom is -0.395 e. The molecule has 166 valence electrons. The van der Waals surface area contributed by atoms with Crippen LogP contribution in [0.25, 0.3) is 6.08 Å². The summed E-state index contributed by atoms with van der Waals surface area (Å²) in [5.74, 6) is 0.671. The second-order valence-electron chi connectivity index (χ2n) is 9.87. The van der Waals surface area contributed by atoms with Gasteiger partial charge < -0.3 is 10.4 Å². The second-order valence-corrected chi connectivity index (χ2v) is 9.87. The van der Waals surface area contributed by atoms with Crippen LogP contribution in [0.1, 0.15) is 91.1 Å². The van der Waals surface area contributed by atoms with Gasteiger partial charge in [0.15, 0.2) is 0 Å². The Bertz CT molecular complexity index is 662. The van der Waals surface area contributed by atoms with Gasteiger partial charge in [0.05, 0.1) is 12.3 Å². The third kappa shape index (κ3) is 8.55. The smallest absolute Gasteiger partial charge is 0.146 e. The number of allylic oxidation sites excluding steroid dienone is 1. The maximum absolute atomic E-state index is 14.8. The number of aromatic nitrogens is 1. The van der Waals surface area contributed by atoms with Crippen molar-refractivity contribution >= 4 is 6.08 Å². The molecular weight excluding hydrogens is 363 g/mol. The van der Waals surface area contributed by atoms with Crippen molar-refractivity contribution in [2.75, 3.05) is 6.61 Å². The molecule has 1 aromatic rings. The summed E-state index contributed by atoms with van der Waals surface area (Å²) >= 11 is 0. The number of rotatable bonds is 11. The van der Waals surface area contributed by atoms with Gasteiger partial charge in [0.1, 0.15) is 5.82 Å². The summed E-state index contributed by atoms with van der Waals surface area (Å²) in [6.07, 6.45) is 6.46. The topological polar surface area (TPSA) is 45.1 Å². The first kappa shape index (κ1) is 25.8. The van der Waals surface area contributed by atoms with Crippen LogP contribution in [-0.4, -0.2) is 22.7 Å². The van der Waals surface area contributed by atoms with E-state index in [-0.39, 0.29) is 23.9 Å². The van der Waals surface area contributed by atoms with E-state index in [0.29, 0.717) is 24.1 Å². The molecule has 1 rings (SSSR count). The van der Waals surface area contributed by atoms with Crippen molar-refractivity contribution < 1.29 is 9.50 Å². The van der Waals surface area contributed by atoms with E-state index in [2.05, 4.69) is 58.8 Å². The van der Waals surface area contributed by atoms with Gasteiger partial charge in [-0.1, -0.05) is 66.0 Å². The summed E-state index contributed by atoms with van der Waals surface area (Å²) in [5.41, 5.74) is 3.32. The number of nitrogens with one attached hydrogen (secondary N) is 1. The molecule has 1 aromatic heterocycles. The van der Waals surface area contributed by atoms with Crippen LogP contribution in [0.2, 0.25) is 0 Å². The molecule has 0 aromatic carbocycles. The molecule has 0 saturated carbocycles. The summed E-state index contributed by atoms with van der Waals surface area (Å²) in [6, 6.07) is 1.55. The predicted molar refractivity (Wildman–Crippen MR) is 122 cm³/mol. The molecule has 0 fully saturated rings. The lowest BCUT2D eigenvalue weighted by Gasteiger charge is -2.28. The SMILES string of the molecule is CCCCC(CC(C)C)C(CO)NCc1nc(C)c(/C=C(\C)C(C)(C)C)cc1F. The Hall–Kier alpha value is -1.26. The molecule has 3 nitrogen and oxygen atoms in total. The van der Waals surface area contributed by atoms with Crippen LogP contribution in [0, 0.1) is 30.0 Å². The summed E-state index contributed by atoms with van der Waals surface area (Å²) in [6.45, 7) is 17.5. The number of nitrogens with zero attached hydrogens (tertiary/aromatic N) is 1. The molecule has 2 N–H and O–H groups in total. The van der Waals surface area contributed by atoms with E-state index in [1.165, 1.54) is 5.57 Å². The van der Waals surface area contributed by atoms with Gasteiger partial charge in [-0.15, -0.1) is 0 Å². The van der Waals surface area contributed by atoms with E-state index in [1.807, 2.05) is 13.0 Å². The minimum absolute atomic E-state index is 0.0341. The van der Waals surface area contributed by atoms with E-state index in [0.717, 1.165) is 36.9 Å². The highest BCUT2D eigenvalue weighted by Gasteiger charge is 2.22. The standard InChI is InChI=1S/C25H43FN2O/c1-9-10-11-20(12-17(2)3)24(16-29)27-15-23-22(26)14-21(19(5)28-23)13-18(4)25(6,7)8/h13-14,17,20,24,27,29H,9-12,15-16H2,1-8H3/b18-13+. The van der Waals surface area contributed by atoms with E-state index < -0.39 is 0 Å². The lowest BCUT2D eigenvalue weighted by Crippen LogP contribution is -2.40. The van der Waals surface area contributed by atoms with Gasteiger partial charge >= 0.3 is 0 Å². The number of halogens is 1. The van der Waals surface area contributed by atoms with Gasteiger partial charge in [0, 0.05) is 18.3 Å². The van der Waals surface area contributed by atoms with Crippen LogP contribution in [-0.2, 0) is 6.54 Å². The fourth-order valence-electron chi connectivity index (χ4n) is 3.53. The number of pyridine rings is 1. The second kappa shape index (κ2) is 11.8. The van der Waals surface area contributed by atoms with Gasteiger partial charge in [-0.05, 0) is 55.6 Å². The van der Waals surface area contributed by atoms with Crippen molar-refractivity contribution in [3.63, 3.8) is 0 Å². The summed E-state index contributed by atoms with van der Waals surface area (Å²) in [4.78, 5) is 4.53. The van der Waals surface area contributed by atoms with Crippen LogP contribution < -0.4 is 5.32 Å². The molecule has 29 heavy (non-hydrogen) atoms. The highest BCUT2D eigenvalue weighted by Crippen LogP contribution is 2.28. The normalized spacial score (nSPS) is 15.1. The molecule has 1 heterocycles. The van der Waals surface area contributed by atoms with Gasteiger partial charge in [-0.25, -0.2) is 4.39 Å². The Labute approximate surface area is 178 Å². The lowest BCUT2D eigenvalue weighted by molar-refractivity contribution is 0.174. The monoisotopic (exact) mass is 406 g/mol. The molecule has 4 heteroatoms. The van der Waals surface area contributed by atoms with Crippen molar-refractivity contribution in [2.24, 2.45) is 17.3 Å². The third-order valence-corrected chi connectivity index (χ3v) is 5.83. The number of unbranched alkanes of at least 4 members (excludes halogenated alkanes) is 1. The van der Waals surface area contributed by atoms with Crippen molar-refractivity contribution in [3.05, 3.63) is 34.4 Å². The fourth-order valence-corrected chi connectivity index (χ4v) is 3.53. The van der Waals surface area contributed by atoms with Crippen molar-refractivity contribution in [3.8, 4) is 0 Å². The number of aliphatic hydroxyl groups excluding tert-OH is 1. The molecule has 0 aliphatic heterocycles. The van der Waals surface area contributed by atoms with Crippen LogP contribution in [0.3, 0.4) is 0 Å². The Morgan fingerprint density at radius 1 is 1.31 bits per heavy atom. The quantitative estimate of drug-likeness (QED) is 0.454. The van der Waals surface area contributed by atoms with Gasteiger partial charge in [0.25, 0.3) is 0 Å². The van der Waals surface area contributed by atoms with Crippen LogP contribution in [0.5, 0.6) is 0 Å². The van der Waals surface area contributed by atoms with E-state index in [1.54, 1.807) is 6.07 Å². The van der Waals surface area contributed by atoms with E-state index in [9.17, 15) is 9.50 Å². The molecule has 0 aliphatic carbocycles. The summed E-state index contributed by atoms with van der Waals surface area (Å²) in [7, 11) is 0. The predicted octanol–water partition coefficient (Wildman–Crippen LogP) is 6.28. The maximum Gasteiger partial charge on any atom is 0.146 e. The van der Waals surface area contributed by atoms with E-state index >= 15 is 0 Å². The Balaban J connectivity index is 2.95. The molecular formula is C25H43FN2O. The molecule has 0 spiro atoms. The number of hydrogen-bond acceptors (Lipinski definition) is 3. The lowest BCUT2D eigenvalue weighted by atomic mass is 9.86. The Morgan fingerprint density at radius 2 is 1.97 bits per heavy atom. The zero-order chi connectivity index (χ0) is 22.2. The molecule has 2 atom stereocenters. The molecule has 0 aliphatic rings. The summed E-state index contributed by atoms with van der Waals surface area (Å²) < 4.78 is 14.8. The molecule has 2 unspecified atom stereocenters. The number of hydrogen-bond donors (Lipinski definition) is 2. The highest BCUT2D eigenvalue weighted by molar-refractivity contribution is 5.56. The molecule has 0 saturated heterocycles. The van der Waals surface area contributed by atoms with Gasteiger partial charge in [0.2, 0.25) is 0 Å². The Kier molecular flexibility index (Phi) is 10.5.